The van der Waals surface area contributed by atoms with Crippen molar-refractivity contribution in [2.24, 2.45) is 5.73 Å². The summed E-state index contributed by atoms with van der Waals surface area (Å²) in [5, 5.41) is 2.88. The molecule has 1 aliphatic heterocycles. The number of nitrogens with two attached hydrogens (primary N) is 1. The van der Waals surface area contributed by atoms with E-state index < -0.39 is 5.60 Å². The van der Waals surface area contributed by atoms with Crippen molar-refractivity contribution in [3.8, 4) is 0 Å². The second-order valence-electron chi connectivity index (χ2n) is 5.22. The molecule has 3 N–H and O–H groups in total. The number of rotatable bonds is 3. The molecule has 94 valence electrons. The van der Waals surface area contributed by atoms with E-state index in [-0.39, 0.29) is 12.1 Å². The molecule has 0 saturated carbocycles. The molecule has 0 unspecified atom stereocenters. The van der Waals surface area contributed by atoms with Crippen molar-refractivity contribution < 1.29 is 9.53 Å². The van der Waals surface area contributed by atoms with E-state index in [0.29, 0.717) is 6.54 Å². The number of carbonyl (C=O) groups excluding carboxylic acids is 1. The van der Waals surface area contributed by atoms with Gasteiger partial charge in [0.15, 0.2) is 0 Å². The van der Waals surface area contributed by atoms with Crippen LogP contribution in [-0.4, -0.2) is 48.8 Å². The molecule has 5 heteroatoms. The van der Waals surface area contributed by atoms with Crippen LogP contribution in [-0.2, 0) is 4.74 Å². The van der Waals surface area contributed by atoms with Gasteiger partial charge < -0.3 is 15.8 Å². The van der Waals surface area contributed by atoms with Gasteiger partial charge in [-0.3, -0.25) is 4.90 Å². The molecule has 0 aromatic carbocycles. The van der Waals surface area contributed by atoms with E-state index in [2.05, 4.69) is 10.2 Å². The summed E-state index contributed by atoms with van der Waals surface area (Å²) in [4.78, 5) is 13.8. The predicted molar refractivity (Wildman–Crippen MR) is 63.3 cm³/mol. The highest BCUT2D eigenvalue weighted by Gasteiger charge is 2.25. The van der Waals surface area contributed by atoms with Crippen LogP contribution in [0.25, 0.3) is 0 Å². The fourth-order valence-corrected chi connectivity index (χ4v) is 1.81. The van der Waals surface area contributed by atoms with Crippen molar-refractivity contribution in [1.82, 2.24) is 10.2 Å². The molecule has 0 aliphatic carbocycles. The first kappa shape index (κ1) is 13.3. The third-order valence-corrected chi connectivity index (χ3v) is 2.44. The first-order valence-electron chi connectivity index (χ1n) is 5.82. The Kier molecular flexibility index (Phi) is 4.56. The van der Waals surface area contributed by atoms with Gasteiger partial charge in [-0.05, 0) is 27.2 Å². The predicted octanol–water partition coefficient (Wildman–Crippen LogP) is 0.544. The molecular formula is C11H23N3O2. The fourth-order valence-electron chi connectivity index (χ4n) is 1.81. The van der Waals surface area contributed by atoms with Crippen LogP contribution in [0.5, 0.6) is 0 Å². The lowest BCUT2D eigenvalue weighted by Crippen LogP contribution is -2.41. The minimum absolute atomic E-state index is 0.196. The second kappa shape index (κ2) is 5.50. The van der Waals surface area contributed by atoms with Crippen LogP contribution in [0.1, 0.15) is 27.2 Å². The largest absolute Gasteiger partial charge is 0.444 e. The van der Waals surface area contributed by atoms with Gasteiger partial charge >= 0.3 is 6.09 Å². The molecule has 0 aromatic rings. The van der Waals surface area contributed by atoms with Gasteiger partial charge in [-0.15, -0.1) is 0 Å². The third-order valence-electron chi connectivity index (χ3n) is 2.44. The molecule has 1 amide bonds. The Morgan fingerprint density at radius 1 is 1.56 bits per heavy atom. The zero-order valence-corrected chi connectivity index (χ0v) is 10.5. The summed E-state index contributed by atoms with van der Waals surface area (Å²) in [6, 6.07) is 0.196. The summed E-state index contributed by atoms with van der Waals surface area (Å²) in [7, 11) is 0. The molecule has 5 nitrogen and oxygen atoms in total. The highest BCUT2D eigenvalue weighted by molar-refractivity contribution is 5.68. The number of likely N-dealkylation sites (tertiary alicyclic amines) is 1. The molecule has 1 rings (SSSR count). The average Bonchev–Trinajstić information content (AvgIpc) is 2.49. The number of amides is 1. The van der Waals surface area contributed by atoms with Crippen molar-refractivity contribution in [1.29, 1.82) is 0 Å². The number of nitrogens with zero attached hydrogens (tertiary/aromatic N) is 1. The number of nitrogens with one attached hydrogen (secondary N) is 1. The van der Waals surface area contributed by atoms with Gasteiger partial charge in [0.25, 0.3) is 0 Å². The van der Waals surface area contributed by atoms with Gasteiger partial charge in [-0.2, -0.15) is 0 Å². The van der Waals surface area contributed by atoms with E-state index in [0.717, 1.165) is 26.1 Å². The Hall–Kier alpha value is -0.810. The van der Waals surface area contributed by atoms with Gasteiger partial charge in [-0.1, -0.05) is 0 Å². The van der Waals surface area contributed by atoms with Gasteiger partial charge in [0.05, 0.1) is 0 Å². The third kappa shape index (κ3) is 4.81. The molecule has 0 spiro atoms. The summed E-state index contributed by atoms with van der Waals surface area (Å²) in [6.45, 7) is 9.02. The first-order chi connectivity index (χ1) is 7.40. The first-order valence-corrected chi connectivity index (χ1v) is 5.82. The van der Waals surface area contributed by atoms with Crippen LogP contribution in [0.15, 0.2) is 0 Å². The maximum Gasteiger partial charge on any atom is 0.407 e. The van der Waals surface area contributed by atoms with Crippen LogP contribution in [0, 0.1) is 0 Å². The highest BCUT2D eigenvalue weighted by atomic mass is 16.6. The fraction of sp³-hybridized carbons (Fsp3) is 0.909. The quantitative estimate of drug-likeness (QED) is 0.741. The topological polar surface area (TPSA) is 67.6 Å². The standard InChI is InChI=1S/C11H23N3O2/c1-11(2,3)16-10(15)13-9-4-6-14(8-9)7-5-12/h9H,4-8,12H2,1-3H3,(H,13,15)/t9-/m0/s1. The van der Waals surface area contributed by atoms with Crippen LogP contribution in [0.4, 0.5) is 4.79 Å². The minimum atomic E-state index is -0.431. The molecule has 1 saturated heterocycles. The molecule has 1 fully saturated rings. The van der Waals surface area contributed by atoms with Gasteiger partial charge in [0.1, 0.15) is 5.60 Å². The van der Waals surface area contributed by atoms with E-state index >= 15 is 0 Å². The average molecular weight is 229 g/mol. The maximum atomic E-state index is 11.5. The maximum absolute atomic E-state index is 11.5. The Bertz CT molecular complexity index is 238. The molecule has 16 heavy (non-hydrogen) atoms. The number of alkyl carbamates (subject to hydrolysis) is 1. The molecule has 0 aromatic heterocycles. The van der Waals surface area contributed by atoms with Crippen LogP contribution in [0.3, 0.4) is 0 Å². The number of ether oxygens (including phenoxy) is 1. The van der Waals surface area contributed by atoms with E-state index in [4.69, 9.17) is 10.5 Å². The van der Waals surface area contributed by atoms with Crippen molar-refractivity contribution in [3.63, 3.8) is 0 Å². The second-order valence-corrected chi connectivity index (χ2v) is 5.22. The summed E-state index contributed by atoms with van der Waals surface area (Å²) in [5.41, 5.74) is 5.05. The lowest BCUT2D eigenvalue weighted by molar-refractivity contribution is 0.0506. The Morgan fingerprint density at radius 3 is 2.81 bits per heavy atom. The van der Waals surface area contributed by atoms with Crippen molar-refractivity contribution in [3.05, 3.63) is 0 Å². The zero-order valence-electron chi connectivity index (χ0n) is 10.5. The molecule has 1 aliphatic rings. The van der Waals surface area contributed by atoms with Crippen molar-refractivity contribution >= 4 is 6.09 Å². The van der Waals surface area contributed by atoms with Gasteiger partial charge in [0, 0.05) is 32.2 Å². The van der Waals surface area contributed by atoms with Gasteiger partial charge in [0.2, 0.25) is 0 Å². The Balaban J connectivity index is 2.26. The van der Waals surface area contributed by atoms with E-state index in [9.17, 15) is 4.79 Å². The number of hydrogen-bond acceptors (Lipinski definition) is 4. The molecule has 0 radical (unpaired) electrons. The van der Waals surface area contributed by atoms with E-state index in [1.165, 1.54) is 0 Å². The van der Waals surface area contributed by atoms with Crippen molar-refractivity contribution in [2.45, 2.75) is 38.8 Å². The zero-order chi connectivity index (χ0) is 12.2. The molecule has 0 bridgehead atoms. The monoisotopic (exact) mass is 229 g/mol. The van der Waals surface area contributed by atoms with E-state index in [1.807, 2.05) is 20.8 Å². The smallest absolute Gasteiger partial charge is 0.407 e. The Labute approximate surface area is 97.3 Å². The highest BCUT2D eigenvalue weighted by Crippen LogP contribution is 2.10. The Morgan fingerprint density at radius 2 is 2.25 bits per heavy atom. The van der Waals surface area contributed by atoms with Crippen LogP contribution >= 0.6 is 0 Å². The molecular weight excluding hydrogens is 206 g/mol. The summed E-state index contributed by atoms with van der Waals surface area (Å²) >= 11 is 0. The van der Waals surface area contributed by atoms with Crippen LogP contribution in [0.2, 0.25) is 0 Å². The lowest BCUT2D eigenvalue weighted by Gasteiger charge is -2.22. The summed E-state index contributed by atoms with van der Waals surface area (Å²) in [6.07, 6.45) is 0.645. The SMILES string of the molecule is CC(C)(C)OC(=O)N[C@H]1CCN(CCN)C1. The van der Waals surface area contributed by atoms with Crippen molar-refractivity contribution in [2.75, 3.05) is 26.2 Å². The molecule has 1 atom stereocenters. The minimum Gasteiger partial charge on any atom is -0.444 e. The molecule has 1 heterocycles. The van der Waals surface area contributed by atoms with Gasteiger partial charge in [-0.25, -0.2) is 4.79 Å². The van der Waals surface area contributed by atoms with E-state index in [1.54, 1.807) is 0 Å². The number of carbonyl (C=O) groups is 1. The summed E-state index contributed by atoms with van der Waals surface area (Å²) in [5.74, 6) is 0. The normalized spacial score (nSPS) is 22.1. The van der Waals surface area contributed by atoms with Crippen LogP contribution < -0.4 is 11.1 Å². The number of hydrogen-bond donors (Lipinski definition) is 2. The lowest BCUT2D eigenvalue weighted by atomic mass is 10.2. The summed E-state index contributed by atoms with van der Waals surface area (Å²) < 4.78 is 5.20.